The summed E-state index contributed by atoms with van der Waals surface area (Å²) in [6.45, 7) is 6.20. The molecule has 3 aliphatic rings. The van der Waals surface area contributed by atoms with Gasteiger partial charge in [0.15, 0.2) is 0 Å². The van der Waals surface area contributed by atoms with E-state index in [2.05, 4.69) is 91.3 Å². The van der Waals surface area contributed by atoms with E-state index in [1.807, 2.05) is 18.5 Å². The van der Waals surface area contributed by atoms with Crippen LogP contribution in [0, 0.1) is 23.3 Å². The second kappa shape index (κ2) is 8.96. The van der Waals surface area contributed by atoms with Crippen molar-refractivity contribution >= 4 is 24.4 Å². The fourth-order valence-electron chi connectivity index (χ4n) is 5.04. The number of nitrogens with zero attached hydrogens (tertiary/aromatic N) is 1. The summed E-state index contributed by atoms with van der Waals surface area (Å²) in [6, 6.07) is 19.6. The van der Waals surface area contributed by atoms with Crippen molar-refractivity contribution in [1.29, 1.82) is 0 Å². The van der Waals surface area contributed by atoms with Crippen molar-refractivity contribution in [3.05, 3.63) is 122 Å². The van der Waals surface area contributed by atoms with Crippen LogP contribution in [0.1, 0.15) is 34.2 Å². The van der Waals surface area contributed by atoms with E-state index in [4.69, 9.17) is 0 Å². The predicted octanol–water partition coefficient (Wildman–Crippen LogP) is 5.43. The van der Waals surface area contributed by atoms with Gasteiger partial charge in [0, 0.05) is 18.8 Å². The van der Waals surface area contributed by atoms with Crippen LogP contribution in [0.25, 0.3) is 18.2 Å². The first kappa shape index (κ1) is 20.5. The summed E-state index contributed by atoms with van der Waals surface area (Å²) in [5.41, 5.74) is 7.10. The molecular weight excluding hydrogens is 386 g/mol. The van der Waals surface area contributed by atoms with E-state index in [9.17, 15) is 0 Å². The van der Waals surface area contributed by atoms with Crippen molar-refractivity contribution in [3.63, 3.8) is 0 Å². The Hall–Kier alpha value is -3.45. The third-order valence-corrected chi connectivity index (χ3v) is 6.84. The maximum Gasteiger partial charge on any atom is 0.0270 e. The number of aliphatic imine (C=N–C) groups is 1. The Morgan fingerprint density at radius 2 is 1.81 bits per heavy atom. The summed E-state index contributed by atoms with van der Waals surface area (Å²) in [5.74, 6) is 0.600. The topological polar surface area (TPSA) is 12.4 Å². The lowest BCUT2D eigenvalue weighted by Gasteiger charge is -2.21. The molecule has 32 heavy (non-hydrogen) atoms. The van der Waals surface area contributed by atoms with Crippen molar-refractivity contribution in [1.82, 2.24) is 0 Å². The molecular formula is C31H29N. The second-order valence-corrected chi connectivity index (χ2v) is 8.79. The average Bonchev–Trinajstić information content (AvgIpc) is 3.09. The molecule has 1 atom stereocenters. The van der Waals surface area contributed by atoms with Crippen LogP contribution in [-0.2, 0) is 19.3 Å². The summed E-state index contributed by atoms with van der Waals surface area (Å²) in [6.07, 6.45) is 17.0. The fraction of sp³-hybridized carbons (Fsp3) is 0.194. The monoisotopic (exact) mass is 415 g/mol. The molecule has 1 heterocycles. The maximum absolute atomic E-state index is 4.08. The molecule has 0 aromatic heterocycles. The highest BCUT2D eigenvalue weighted by molar-refractivity contribution is 5.69. The molecule has 1 heteroatoms. The van der Waals surface area contributed by atoms with Gasteiger partial charge in [-0.2, -0.15) is 0 Å². The molecule has 1 aliphatic heterocycles. The molecule has 6 rings (SSSR count). The lowest BCUT2D eigenvalue weighted by molar-refractivity contribution is 0.655. The fourth-order valence-corrected chi connectivity index (χ4v) is 5.04. The van der Waals surface area contributed by atoms with Gasteiger partial charge in [0.2, 0.25) is 0 Å². The van der Waals surface area contributed by atoms with Crippen LogP contribution in [0.2, 0.25) is 0 Å². The Morgan fingerprint density at radius 1 is 0.906 bits per heavy atom. The standard InChI is InChI=1S/C21H20.C10H9N/c1-3-15-7-8-16-9-10-19-18-6-4-5-14(2)17(18)11-12-20(19)21(16)13-15;1-2-4-10-6-8-11-7-5-9(10)3-1/h3-6,8-11,15H,1,7,12-13H2,2H3;1-5,7-8H,6H2. The quantitative estimate of drug-likeness (QED) is 0.470. The van der Waals surface area contributed by atoms with Crippen LogP contribution in [0.4, 0.5) is 0 Å². The van der Waals surface area contributed by atoms with Gasteiger partial charge in [-0.3, -0.25) is 4.99 Å². The molecule has 1 unspecified atom stereocenters. The number of benzene rings is 3. The Bertz CT molecular complexity index is 1450. The summed E-state index contributed by atoms with van der Waals surface area (Å²) < 4.78 is 0. The Morgan fingerprint density at radius 3 is 2.72 bits per heavy atom. The second-order valence-electron chi connectivity index (χ2n) is 8.79. The van der Waals surface area contributed by atoms with E-state index in [1.165, 1.54) is 43.1 Å². The highest BCUT2D eigenvalue weighted by Crippen LogP contribution is 2.22. The number of aryl methyl sites for hydroxylation is 1. The minimum absolute atomic E-state index is 0.600. The third kappa shape index (κ3) is 3.91. The molecule has 3 aromatic carbocycles. The molecule has 0 saturated carbocycles. The van der Waals surface area contributed by atoms with Gasteiger partial charge in [-0.05, 0) is 86.9 Å². The van der Waals surface area contributed by atoms with Crippen molar-refractivity contribution in [3.8, 4) is 0 Å². The van der Waals surface area contributed by atoms with Gasteiger partial charge in [0.25, 0.3) is 0 Å². The van der Waals surface area contributed by atoms with Gasteiger partial charge >= 0.3 is 0 Å². The highest BCUT2D eigenvalue weighted by atomic mass is 14.7. The van der Waals surface area contributed by atoms with Crippen LogP contribution in [0.5, 0.6) is 0 Å². The molecule has 0 saturated heterocycles. The van der Waals surface area contributed by atoms with Gasteiger partial charge in [-0.15, -0.1) is 6.58 Å². The van der Waals surface area contributed by atoms with Crippen molar-refractivity contribution < 1.29 is 0 Å². The highest BCUT2D eigenvalue weighted by Gasteiger charge is 2.16. The van der Waals surface area contributed by atoms with Gasteiger partial charge in [0.1, 0.15) is 0 Å². The Kier molecular flexibility index (Phi) is 5.73. The minimum atomic E-state index is 0.600. The number of fused-ring (bicyclic) bond motifs is 5. The normalized spacial score (nSPS) is 17.1. The summed E-state index contributed by atoms with van der Waals surface area (Å²) in [7, 11) is 0. The number of rotatable bonds is 1. The first-order chi connectivity index (χ1) is 15.7. The van der Waals surface area contributed by atoms with Crippen LogP contribution in [0.3, 0.4) is 0 Å². The van der Waals surface area contributed by atoms with Crippen molar-refractivity contribution in [2.24, 2.45) is 10.9 Å². The molecule has 0 spiro atoms. The molecule has 158 valence electrons. The number of hydrogen-bond donors (Lipinski definition) is 0. The molecule has 1 nitrogen and oxygen atoms in total. The first-order valence-corrected chi connectivity index (χ1v) is 11.5. The first-order valence-electron chi connectivity index (χ1n) is 11.5. The lowest BCUT2D eigenvalue weighted by atomic mass is 9.84. The minimum Gasteiger partial charge on any atom is -0.269 e. The molecule has 0 radical (unpaired) electrons. The van der Waals surface area contributed by atoms with Gasteiger partial charge in [-0.1, -0.05) is 72.8 Å². The van der Waals surface area contributed by atoms with Crippen LogP contribution >= 0.6 is 0 Å². The van der Waals surface area contributed by atoms with E-state index in [-0.39, 0.29) is 0 Å². The van der Waals surface area contributed by atoms with E-state index in [0.717, 1.165) is 25.7 Å². The zero-order valence-electron chi connectivity index (χ0n) is 18.7. The third-order valence-electron chi connectivity index (χ3n) is 6.84. The molecule has 0 bridgehead atoms. The zero-order chi connectivity index (χ0) is 21.9. The SMILES string of the molecule is C1=Cc2ccccc2CC=N1.C=CC1CC=c2ccc3c(c2C1)CC=c1c(C)cccc1=3. The Labute approximate surface area is 190 Å². The molecule has 0 fully saturated rings. The predicted molar refractivity (Wildman–Crippen MR) is 137 cm³/mol. The number of hydrogen-bond acceptors (Lipinski definition) is 1. The van der Waals surface area contributed by atoms with Crippen LogP contribution in [-0.4, -0.2) is 6.21 Å². The Balaban J connectivity index is 0.000000165. The molecule has 3 aromatic rings. The van der Waals surface area contributed by atoms with Crippen LogP contribution < -0.4 is 10.4 Å². The maximum atomic E-state index is 4.08. The van der Waals surface area contributed by atoms with Crippen molar-refractivity contribution in [2.45, 2.75) is 32.6 Å². The van der Waals surface area contributed by atoms with Crippen LogP contribution in [0.15, 0.2) is 78.4 Å². The zero-order valence-corrected chi connectivity index (χ0v) is 18.7. The van der Waals surface area contributed by atoms with E-state index >= 15 is 0 Å². The number of allylic oxidation sites excluding steroid dienone is 1. The van der Waals surface area contributed by atoms with Crippen molar-refractivity contribution in [2.75, 3.05) is 0 Å². The largest absolute Gasteiger partial charge is 0.269 e. The van der Waals surface area contributed by atoms with Gasteiger partial charge in [0.05, 0.1) is 0 Å². The summed E-state index contributed by atoms with van der Waals surface area (Å²) in [5, 5.41) is 5.70. The van der Waals surface area contributed by atoms with E-state index in [1.54, 1.807) is 5.56 Å². The lowest BCUT2D eigenvalue weighted by Crippen LogP contribution is -2.23. The van der Waals surface area contributed by atoms with E-state index in [0.29, 0.717) is 5.92 Å². The summed E-state index contributed by atoms with van der Waals surface area (Å²) in [4.78, 5) is 4.08. The average molecular weight is 416 g/mol. The van der Waals surface area contributed by atoms with Gasteiger partial charge in [-0.25, -0.2) is 0 Å². The molecule has 0 amide bonds. The smallest absolute Gasteiger partial charge is 0.0270 e. The molecule has 0 N–H and O–H groups in total. The molecule has 2 aliphatic carbocycles. The summed E-state index contributed by atoms with van der Waals surface area (Å²) >= 11 is 0. The van der Waals surface area contributed by atoms with E-state index < -0.39 is 0 Å². The van der Waals surface area contributed by atoms with Gasteiger partial charge < -0.3 is 0 Å².